The normalized spacial score (nSPS) is 10.7. The van der Waals surface area contributed by atoms with Crippen molar-refractivity contribution >= 4 is 17.3 Å². The smallest absolute Gasteiger partial charge is 0.356 e. The van der Waals surface area contributed by atoms with E-state index in [1.807, 2.05) is 43.6 Å². The lowest BCUT2D eigenvalue weighted by Gasteiger charge is -2.19. The molecule has 0 radical (unpaired) electrons. The Morgan fingerprint density at radius 3 is 2.67 bits per heavy atom. The van der Waals surface area contributed by atoms with Crippen LogP contribution in [0.2, 0.25) is 0 Å². The van der Waals surface area contributed by atoms with E-state index in [0.717, 1.165) is 12.2 Å². The number of aromatic carboxylic acids is 1. The van der Waals surface area contributed by atoms with Crippen molar-refractivity contribution in [3.05, 3.63) is 66.1 Å². The number of anilines is 1. The minimum Gasteiger partial charge on any atom is -0.476 e. The number of hydrogen-bond acceptors (Lipinski definition) is 3. The Hall–Kier alpha value is -2.82. The number of rotatable bonds is 4. The summed E-state index contributed by atoms with van der Waals surface area (Å²) in [5.74, 6) is -1.02. The zero-order valence-electron chi connectivity index (χ0n) is 11.6. The predicted octanol–water partition coefficient (Wildman–Crippen LogP) is 2.67. The molecule has 1 N–H and O–H groups in total. The highest BCUT2D eigenvalue weighted by Gasteiger charge is 2.10. The highest BCUT2D eigenvalue weighted by molar-refractivity contribution is 5.86. The topological polar surface area (TPSA) is 57.8 Å². The highest BCUT2D eigenvalue weighted by atomic mass is 16.4. The second kappa shape index (κ2) is 5.28. The van der Waals surface area contributed by atoms with Gasteiger partial charge in [-0.3, -0.25) is 0 Å². The van der Waals surface area contributed by atoms with Crippen LogP contribution in [0, 0.1) is 0 Å². The van der Waals surface area contributed by atoms with Crippen molar-refractivity contribution in [3.8, 4) is 0 Å². The second-order valence-electron chi connectivity index (χ2n) is 4.93. The summed E-state index contributed by atoms with van der Waals surface area (Å²) in [5, 5.41) is 8.97. The molecule has 0 fully saturated rings. The van der Waals surface area contributed by atoms with E-state index < -0.39 is 5.97 Å². The monoisotopic (exact) mass is 281 g/mol. The SMILES string of the molecule is CN(Cc1ccccc1)c1ccc2nc(C(=O)O)cn2c1. The lowest BCUT2D eigenvalue weighted by Crippen LogP contribution is -2.16. The Labute approximate surface area is 122 Å². The lowest BCUT2D eigenvalue weighted by molar-refractivity contribution is 0.0691. The molecule has 0 amide bonds. The summed E-state index contributed by atoms with van der Waals surface area (Å²) < 4.78 is 1.74. The molecule has 0 aliphatic heterocycles. The van der Waals surface area contributed by atoms with Gasteiger partial charge < -0.3 is 14.4 Å². The Morgan fingerprint density at radius 2 is 1.95 bits per heavy atom. The van der Waals surface area contributed by atoms with Crippen molar-refractivity contribution in [2.24, 2.45) is 0 Å². The Morgan fingerprint density at radius 1 is 1.19 bits per heavy atom. The average molecular weight is 281 g/mol. The molecule has 3 aromatic rings. The van der Waals surface area contributed by atoms with Crippen LogP contribution >= 0.6 is 0 Å². The van der Waals surface area contributed by atoms with Gasteiger partial charge in [-0.1, -0.05) is 30.3 Å². The van der Waals surface area contributed by atoms with Crippen LogP contribution < -0.4 is 4.90 Å². The van der Waals surface area contributed by atoms with Gasteiger partial charge in [-0.25, -0.2) is 9.78 Å². The van der Waals surface area contributed by atoms with Crippen molar-refractivity contribution in [1.82, 2.24) is 9.38 Å². The first kappa shape index (κ1) is 13.2. The summed E-state index contributed by atoms with van der Waals surface area (Å²) in [7, 11) is 2.00. The standard InChI is InChI=1S/C16H15N3O2/c1-18(9-12-5-3-2-4-6-12)13-7-8-15-17-14(16(20)21)11-19(15)10-13/h2-8,10-11H,9H2,1H3,(H,20,21). The molecular weight excluding hydrogens is 266 g/mol. The first-order valence-corrected chi connectivity index (χ1v) is 6.60. The van der Waals surface area contributed by atoms with Crippen LogP contribution in [0.4, 0.5) is 5.69 Å². The number of imidazole rings is 1. The number of carboxylic acids is 1. The first-order chi connectivity index (χ1) is 10.1. The van der Waals surface area contributed by atoms with Crippen LogP contribution in [-0.4, -0.2) is 27.5 Å². The Bertz CT molecular complexity index is 781. The summed E-state index contributed by atoms with van der Waals surface area (Å²) in [5.41, 5.74) is 2.90. The lowest BCUT2D eigenvalue weighted by atomic mass is 10.2. The molecular formula is C16H15N3O2. The molecule has 21 heavy (non-hydrogen) atoms. The number of fused-ring (bicyclic) bond motifs is 1. The molecule has 0 unspecified atom stereocenters. The minimum absolute atomic E-state index is 0.0536. The van der Waals surface area contributed by atoms with Crippen LogP contribution in [0.25, 0.3) is 5.65 Å². The molecule has 0 bridgehead atoms. The van der Waals surface area contributed by atoms with Gasteiger partial charge in [-0.2, -0.15) is 0 Å². The molecule has 0 atom stereocenters. The molecule has 0 spiro atoms. The molecule has 0 aliphatic rings. The average Bonchev–Trinajstić information content (AvgIpc) is 2.91. The molecule has 2 aromatic heterocycles. The van der Waals surface area contributed by atoms with E-state index in [-0.39, 0.29) is 5.69 Å². The summed E-state index contributed by atoms with van der Waals surface area (Å²) >= 11 is 0. The zero-order chi connectivity index (χ0) is 14.8. The van der Waals surface area contributed by atoms with Gasteiger partial charge in [-0.15, -0.1) is 0 Å². The van der Waals surface area contributed by atoms with Gasteiger partial charge >= 0.3 is 5.97 Å². The molecule has 1 aromatic carbocycles. The van der Waals surface area contributed by atoms with Crippen molar-refractivity contribution in [2.45, 2.75) is 6.54 Å². The number of benzene rings is 1. The van der Waals surface area contributed by atoms with Crippen LogP contribution in [0.3, 0.4) is 0 Å². The van der Waals surface area contributed by atoms with Gasteiger partial charge in [0.2, 0.25) is 0 Å². The summed E-state index contributed by atoms with van der Waals surface area (Å²) in [4.78, 5) is 17.1. The summed E-state index contributed by atoms with van der Waals surface area (Å²) in [6.07, 6.45) is 3.41. The van der Waals surface area contributed by atoms with Crippen LogP contribution in [-0.2, 0) is 6.54 Å². The number of nitrogens with zero attached hydrogens (tertiary/aromatic N) is 3. The van der Waals surface area contributed by atoms with Gasteiger partial charge in [0.05, 0.1) is 5.69 Å². The van der Waals surface area contributed by atoms with Gasteiger partial charge in [0.25, 0.3) is 0 Å². The fraction of sp³-hybridized carbons (Fsp3) is 0.125. The molecule has 3 rings (SSSR count). The number of pyridine rings is 1. The van der Waals surface area contributed by atoms with Crippen molar-refractivity contribution < 1.29 is 9.90 Å². The summed E-state index contributed by atoms with van der Waals surface area (Å²) in [6, 6.07) is 13.9. The zero-order valence-corrected chi connectivity index (χ0v) is 11.6. The Balaban J connectivity index is 1.88. The number of carboxylic acid groups (broad SMARTS) is 1. The van der Waals surface area contributed by atoms with Gasteiger partial charge in [0.15, 0.2) is 5.69 Å². The van der Waals surface area contributed by atoms with Crippen LogP contribution in [0.15, 0.2) is 54.9 Å². The van der Waals surface area contributed by atoms with Gasteiger partial charge in [0, 0.05) is 26.0 Å². The predicted molar refractivity (Wildman–Crippen MR) is 80.7 cm³/mol. The maximum Gasteiger partial charge on any atom is 0.356 e. The van der Waals surface area contributed by atoms with E-state index in [0.29, 0.717) is 5.65 Å². The minimum atomic E-state index is -1.02. The maximum absolute atomic E-state index is 10.9. The van der Waals surface area contributed by atoms with E-state index in [1.165, 1.54) is 11.8 Å². The highest BCUT2D eigenvalue weighted by Crippen LogP contribution is 2.17. The van der Waals surface area contributed by atoms with Crippen molar-refractivity contribution in [1.29, 1.82) is 0 Å². The molecule has 0 saturated heterocycles. The molecule has 0 saturated carbocycles. The van der Waals surface area contributed by atoms with Crippen LogP contribution in [0.1, 0.15) is 16.1 Å². The maximum atomic E-state index is 10.9. The largest absolute Gasteiger partial charge is 0.476 e. The fourth-order valence-corrected chi connectivity index (χ4v) is 2.26. The fourth-order valence-electron chi connectivity index (χ4n) is 2.26. The van der Waals surface area contributed by atoms with E-state index in [9.17, 15) is 4.79 Å². The molecule has 106 valence electrons. The molecule has 5 heteroatoms. The molecule has 0 aliphatic carbocycles. The Kier molecular flexibility index (Phi) is 3.31. The van der Waals surface area contributed by atoms with E-state index >= 15 is 0 Å². The van der Waals surface area contributed by atoms with Crippen molar-refractivity contribution in [3.63, 3.8) is 0 Å². The van der Waals surface area contributed by atoms with E-state index in [1.54, 1.807) is 4.40 Å². The van der Waals surface area contributed by atoms with Gasteiger partial charge in [0.1, 0.15) is 5.65 Å². The van der Waals surface area contributed by atoms with Crippen LogP contribution in [0.5, 0.6) is 0 Å². The second-order valence-corrected chi connectivity index (χ2v) is 4.93. The van der Waals surface area contributed by atoms with E-state index in [4.69, 9.17) is 5.11 Å². The third-order valence-corrected chi connectivity index (χ3v) is 3.36. The number of hydrogen-bond donors (Lipinski definition) is 1. The quantitative estimate of drug-likeness (QED) is 0.798. The third kappa shape index (κ3) is 2.72. The number of carbonyl (C=O) groups is 1. The summed E-state index contributed by atoms with van der Waals surface area (Å²) in [6.45, 7) is 0.785. The third-order valence-electron chi connectivity index (χ3n) is 3.36. The first-order valence-electron chi connectivity index (χ1n) is 6.60. The van der Waals surface area contributed by atoms with Gasteiger partial charge in [-0.05, 0) is 17.7 Å². The van der Waals surface area contributed by atoms with E-state index in [2.05, 4.69) is 22.0 Å². The molecule has 5 nitrogen and oxygen atoms in total. The molecule has 2 heterocycles. The number of aromatic nitrogens is 2. The van der Waals surface area contributed by atoms with Crippen molar-refractivity contribution in [2.75, 3.05) is 11.9 Å².